The van der Waals surface area contributed by atoms with Gasteiger partial charge in [0.15, 0.2) is 0 Å². The van der Waals surface area contributed by atoms with Crippen LogP contribution in [0.25, 0.3) is 0 Å². The Labute approximate surface area is 90.4 Å². The van der Waals surface area contributed by atoms with Crippen molar-refractivity contribution in [3.8, 4) is 0 Å². The summed E-state index contributed by atoms with van der Waals surface area (Å²) in [7, 11) is 0. The third kappa shape index (κ3) is 2.57. The zero-order valence-corrected chi connectivity index (χ0v) is 8.62. The van der Waals surface area contributed by atoms with Crippen LogP contribution in [0.2, 0.25) is 0 Å². The van der Waals surface area contributed by atoms with Crippen LogP contribution in [0.3, 0.4) is 0 Å². The Bertz CT molecular complexity index is 433. The molecule has 1 N–H and O–H groups in total. The molecule has 0 aliphatic rings. The zero-order valence-electron chi connectivity index (χ0n) is 7.80. The highest BCUT2D eigenvalue weighted by molar-refractivity contribution is 7.05. The monoisotopic (exact) mass is 224 g/mol. The summed E-state index contributed by atoms with van der Waals surface area (Å²) >= 11 is 1.15. The standard InChI is InChI=1S/C10H9FN2OS/c11-8-3-1-2-7(4-8)5-9(14)10-6-12-13-15-10/h1-4,6,9,14H,5H2. The minimum atomic E-state index is -0.660. The van der Waals surface area contributed by atoms with E-state index < -0.39 is 6.10 Å². The first-order valence-electron chi connectivity index (χ1n) is 4.45. The van der Waals surface area contributed by atoms with Crippen molar-refractivity contribution in [2.75, 3.05) is 0 Å². The van der Waals surface area contributed by atoms with E-state index in [0.29, 0.717) is 11.3 Å². The molecule has 78 valence electrons. The molecule has 0 bridgehead atoms. The molecule has 0 aliphatic carbocycles. The molecule has 1 aromatic heterocycles. The Kier molecular flexibility index (Phi) is 3.03. The average Bonchev–Trinajstić information content (AvgIpc) is 2.70. The molecule has 1 aromatic carbocycles. The van der Waals surface area contributed by atoms with Crippen molar-refractivity contribution in [2.24, 2.45) is 0 Å². The Hall–Kier alpha value is -1.33. The van der Waals surface area contributed by atoms with E-state index in [1.54, 1.807) is 12.1 Å². The molecule has 15 heavy (non-hydrogen) atoms. The lowest BCUT2D eigenvalue weighted by Crippen LogP contribution is -1.99. The number of aliphatic hydroxyl groups is 1. The Balaban J connectivity index is 2.09. The number of nitrogens with zero attached hydrogens (tertiary/aromatic N) is 2. The Morgan fingerprint density at radius 1 is 1.47 bits per heavy atom. The third-order valence-corrected chi connectivity index (χ3v) is 2.79. The van der Waals surface area contributed by atoms with E-state index in [4.69, 9.17) is 0 Å². The second-order valence-corrected chi connectivity index (χ2v) is 3.99. The molecular weight excluding hydrogens is 215 g/mol. The van der Waals surface area contributed by atoms with Gasteiger partial charge in [-0.2, -0.15) is 0 Å². The van der Waals surface area contributed by atoms with Gasteiger partial charge in [0, 0.05) is 6.42 Å². The average molecular weight is 224 g/mol. The van der Waals surface area contributed by atoms with Crippen molar-refractivity contribution in [3.63, 3.8) is 0 Å². The Morgan fingerprint density at radius 3 is 3.00 bits per heavy atom. The van der Waals surface area contributed by atoms with Gasteiger partial charge in [-0.25, -0.2) is 4.39 Å². The summed E-state index contributed by atoms with van der Waals surface area (Å²) in [6.45, 7) is 0. The van der Waals surface area contributed by atoms with E-state index >= 15 is 0 Å². The van der Waals surface area contributed by atoms with E-state index in [1.807, 2.05) is 0 Å². The predicted molar refractivity (Wildman–Crippen MR) is 55.0 cm³/mol. The fourth-order valence-corrected chi connectivity index (χ4v) is 1.80. The van der Waals surface area contributed by atoms with E-state index in [9.17, 15) is 9.50 Å². The first-order chi connectivity index (χ1) is 7.25. The maximum atomic E-state index is 12.9. The van der Waals surface area contributed by atoms with Crippen LogP contribution in [-0.4, -0.2) is 14.7 Å². The molecule has 0 amide bonds. The quantitative estimate of drug-likeness (QED) is 0.866. The van der Waals surface area contributed by atoms with Gasteiger partial charge in [-0.3, -0.25) is 0 Å². The molecule has 0 spiro atoms. The van der Waals surface area contributed by atoms with Crippen LogP contribution in [0.4, 0.5) is 4.39 Å². The largest absolute Gasteiger partial charge is 0.387 e. The highest BCUT2D eigenvalue weighted by Gasteiger charge is 2.11. The molecule has 3 nitrogen and oxygen atoms in total. The van der Waals surface area contributed by atoms with Gasteiger partial charge in [-0.1, -0.05) is 16.6 Å². The van der Waals surface area contributed by atoms with Crippen molar-refractivity contribution >= 4 is 11.5 Å². The smallest absolute Gasteiger partial charge is 0.123 e. The molecule has 0 radical (unpaired) electrons. The summed E-state index contributed by atoms with van der Waals surface area (Å²) in [5.41, 5.74) is 0.760. The normalized spacial score (nSPS) is 12.7. The molecular formula is C10H9FN2OS. The number of rotatable bonds is 3. The van der Waals surface area contributed by atoms with E-state index in [-0.39, 0.29) is 5.82 Å². The summed E-state index contributed by atoms with van der Waals surface area (Å²) in [4.78, 5) is 0.694. The van der Waals surface area contributed by atoms with Gasteiger partial charge in [0.1, 0.15) is 5.82 Å². The summed E-state index contributed by atoms with van der Waals surface area (Å²) in [6, 6.07) is 6.20. The molecule has 1 unspecified atom stereocenters. The highest BCUT2D eigenvalue weighted by atomic mass is 32.1. The van der Waals surface area contributed by atoms with Crippen LogP contribution in [-0.2, 0) is 6.42 Å². The summed E-state index contributed by atoms with van der Waals surface area (Å²) < 4.78 is 16.5. The van der Waals surface area contributed by atoms with E-state index in [2.05, 4.69) is 9.59 Å². The van der Waals surface area contributed by atoms with Crippen LogP contribution in [0.15, 0.2) is 30.5 Å². The summed E-state index contributed by atoms with van der Waals surface area (Å²) in [6.07, 6.45) is 1.24. The second-order valence-electron chi connectivity index (χ2n) is 3.17. The van der Waals surface area contributed by atoms with Gasteiger partial charge in [0.25, 0.3) is 0 Å². The fourth-order valence-electron chi connectivity index (χ4n) is 1.31. The molecule has 2 rings (SSSR count). The van der Waals surface area contributed by atoms with E-state index in [1.165, 1.54) is 18.3 Å². The number of aromatic nitrogens is 2. The number of aliphatic hydroxyl groups excluding tert-OH is 1. The second kappa shape index (κ2) is 4.46. The van der Waals surface area contributed by atoms with Gasteiger partial charge in [0.05, 0.1) is 17.2 Å². The lowest BCUT2D eigenvalue weighted by atomic mass is 10.1. The maximum absolute atomic E-state index is 12.9. The van der Waals surface area contributed by atoms with Gasteiger partial charge in [0.2, 0.25) is 0 Å². The molecule has 2 aromatic rings. The maximum Gasteiger partial charge on any atom is 0.123 e. The van der Waals surface area contributed by atoms with Gasteiger partial charge in [-0.05, 0) is 29.2 Å². The first-order valence-corrected chi connectivity index (χ1v) is 5.23. The van der Waals surface area contributed by atoms with Gasteiger partial charge >= 0.3 is 0 Å². The SMILES string of the molecule is OC(Cc1cccc(F)c1)c1cnns1. The van der Waals surface area contributed by atoms with E-state index in [0.717, 1.165) is 17.1 Å². The van der Waals surface area contributed by atoms with Crippen molar-refractivity contribution in [2.45, 2.75) is 12.5 Å². The highest BCUT2D eigenvalue weighted by Crippen LogP contribution is 2.20. The lowest BCUT2D eigenvalue weighted by Gasteiger charge is -2.06. The minimum Gasteiger partial charge on any atom is -0.387 e. The summed E-state index contributed by atoms with van der Waals surface area (Å²) in [5, 5.41) is 13.4. The van der Waals surface area contributed by atoms with Crippen molar-refractivity contribution in [1.29, 1.82) is 0 Å². The Morgan fingerprint density at radius 2 is 2.33 bits per heavy atom. The number of hydrogen-bond donors (Lipinski definition) is 1. The molecule has 0 saturated carbocycles. The van der Waals surface area contributed by atoms with Crippen LogP contribution in [0.1, 0.15) is 16.5 Å². The number of hydrogen-bond acceptors (Lipinski definition) is 4. The van der Waals surface area contributed by atoms with Crippen LogP contribution in [0.5, 0.6) is 0 Å². The molecule has 0 saturated heterocycles. The third-order valence-electron chi connectivity index (χ3n) is 2.02. The van der Waals surface area contributed by atoms with Gasteiger partial charge < -0.3 is 5.11 Å². The molecule has 1 atom stereocenters. The zero-order chi connectivity index (χ0) is 10.7. The van der Waals surface area contributed by atoms with Crippen LogP contribution in [0, 0.1) is 5.82 Å². The summed E-state index contributed by atoms with van der Waals surface area (Å²) in [5.74, 6) is -0.290. The number of benzene rings is 1. The van der Waals surface area contributed by atoms with Crippen molar-refractivity contribution < 1.29 is 9.50 Å². The van der Waals surface area contributed by atoms with Crippen molar-refractivity contribution in [1.82, 2.24) is 9.59 Å². The topological polar surface area (TPSA) is 46.0 Å². The minimum absolute atomic E-state index is 0.290. The molecule has 0 aliphatic heterocycles. The first kappa shape index (κ1) is 10.2. The van der Waals surface area contributed by atoms with Crippen molar-refractivity contribution in [3.05, 3.63) is 46.7 Å². The van der Waals surface area contributed by atoms with Crippen LogP contribution < -0.4 is 0 Å². The molecule has 5 heteroatoms. The predicted octanol–water partition coefficient (Wildman–Crippen LogP) is 1.95. The van der Waals surface area contributed by atoms with Crippen LogP contribution >= 0.6 is 11.5 Å². The molecule has 1 heterocycles. The van der Waals surface area contributed by atoms with Gasteiger partial charge in [-0.15, -0.1) is 5.10 Å². The lowest BCUT2D eigenvalue weighted by molar-refractivity contribution is 0.182. The number of halogens is 1. The fraction of sp³-hybridized carbons (Fsp3) is 0.200. The molecule has 0 fully saturated rings.